The molecule has 66 valence electrons. The first-order chi connectivity index (χ1) is 5.77. The van der Waals surface area contributed by atoms with Crippen molar-refractivity contribution in [3.63, 3.8) is 0 Å². The van der Waals surface area contributed by atoms with Crippen LogP contribution in [-0.2, 0) is 4.79 Å². The average molecular weight is 165 g/mol. The lowest BCUT2D eigenvalue weighted by molar-refractivity contribution is -0.124. The minimum atomic E-state index is -0.00606. The van der Waals surface area contributed by atoms with Gasteiger partial charge >= 0.3 is 0 Å². The molecule has 0 aromatic heterocycles. The first-order valence-electron chi connectivity index (χ1n) is 4.49. The number of carbonyl (C=O) groups is 1. The van der Waals surface area contributed by atoms with Crippen LogP contribution < -0.4 is 0 Å². The fourth-order valence-corrected chi connectivity index (χ4v) is 1.54. The summed E-state index contributed by atoms with van der Waals surface area (Å²) in [6, 6.07) is 0. The van der Waals surface area contributed by atoms with Gasteiger partial charge in [-0.15, -0.1) is 0 Å². The highest BCUT2D eigenvalue weighted by Gasteiger charge is 2.23. The number of hydrogen-bond acceptors (Lipinski definition) is 1. The minimum Gasteiger partial charge on any atom is -0.332 e. The van der Waals surface area contributed by atoms with Gasteiger partial charge in [0.2, 0.25) is 0 Å². The summed E-state index contributed by atoms with van der Waals surface area (Å²) in [5.74, 6) is 5.90. The molecule has 1 fully saturated rings. The Morgan fingerprint density at radius 3 is 2.92 bits per heavy atom. The Morgan fingerprint density at radius 2 is 2.42 bits per heavy atom. The summed E-state index contributed by atoms with van der Waals surface area (Å²) in [5.41, 5.74) is 0. The lowest BCUT2D eigenvalue weighted by Crippen LogP contribution is -2.27. The number of rotatable bonds is 1. The van der Waals surface area contributed by atoms with Gasteiger partial charge in [-0.25, -0.2) is 0 Å². The fraction of sp³-hybridized carbons (Fsp3) is 0.700. The van der Waals surface area contributed by atoms with Gasteiger partial charge in [0.1, 0.15) is 0 Å². The third-order valence-corrected chi connectivity index (χ3v) is 2.38. The van der Waals surface area contributed by atoms with E-state index < -0.39 is 0 Å². The summed E-state index contributed by atoms with van der Waals surface area (Å²) in [4.78, 5) is 13.1. The molecule has 2 heteroatoms. The van der Waals surface area contributed by atoms with Crippen molar-refractivity contribution in [2.45, 2.75) is 26.7 Å². The SMILES string of the molecule is CC#CC(=O)N1CCC(CC)C1. The number of nitrogens with zero attached hydrogens (tertiary/aromatic N) is 1. The lowest BCUT2D eigenvalue weighted by atomic mass is 10.1. The zero-order chi connectivity index (χ0) is 8.97. The molecule has 1 saturated heterocycles. The van der Waals surface area contributed by atoms with Crippen molar-refractivity contribution in [1.82, 2.24) is 4.90 Å². The van der Waals surface area contributed by atoms with E-state index in [1.54, 1.807) is 6.92 Å². The molecule has 0 spiro atoms. The molecule has 0 aromatic carbocycles. The molecule has 1 aliphatic rings. The topological polar surface area (TPSA) is 20.3 Å². The Hall–Kier alpha value is -0.970. The zero-order valence-electron chi connectivity index (χ0n) is 7.76. The second kappa shape index (κ2) is 4.15. The highest BCUT2D eigenvalue weighted by atomic mass is 16.2. The van der Waals surface area contributed by atoms with Crippen LogP contribution in [0.3, 0.4) is 0 Å². The molecule has 1 unspecified atom stereocenters. The van der Waals surface area contributed by atoms with Crippen LogP contribution in [0, 0.1) is 17.8 Å². The molecule has 0 saturated carbocycles. The summed E-state index contributed by atoms with van der Waals surface area (Å²) in [6.07, 6.45) is 2.32. The second-order valence-electron chi connectivity index (χ2n) is 3.19. The van der Waals surface area contributed by atoms with E-state index in [-0.39, 0.29) is 5.91 Å². The van der Waals surface area contributed by atoms with Gasteiger partial charge in [0.15, 0.2) is 0 Å². The average Bonchev–Trinajstić information content (AvgIpc) is 2.52. The summed E-state index contributed by atoms with van der Waals surface area (Å²) in [7, 11) is 0. The van der Waals surface area contributed by atoms with Crippen molar-refractivity contribution in [2.75, 3.05) is 13.1 Å². The predicted octanol–water partition coefficient (Wildman–Crippen LogP) is 1.27. The van der Waals surface area contributed by atoms with Gasteiger partial charge in [-0.1, -0.05) is 19.3 Å². The maximum Gasteiger partial charge on any atom is 0.298 e. The third-order valence-electron chi connectivity index (χ3n) is 2.38. The van der Waals surface area contributed by atoms with Crippen LogP contribution in [0.2, 0.25) is 0 Å². The molecule has 0 aromatic rings. The van der Waals surface area contributed by atoms with Gasteiger partial charge in [0.25, 0.3) is 5.91 Å². The standard InChI is InChI=1S/C10H15NO/c1-3-5-10(12)11-7-6-9(4-2)8-11/h9H,4,6-8H2,1-2H3. The Labute approximate surface area is 73.9 Å². The second-order valence-corrected chi connectivity index (χ2v) is 3.19. The van der Waals surface area contributed by atoms with Gasteiger partial charge < -0.3 is 4.90 Å². The van der Waals surface area contributed by atoms with E-state index in [4.69, 9.17) is 0 Å². The molecule has 0 bridgehead atoms. The van der Waals surface area contributed by atoms with Crippen LogP contribution in [0.5, 0.6) is 0 Å². The zero-order valence-corrected chi connectivity index (χ0v) is 7.76. The number of likely N-dealkylation sites (tertiary alicyclic amines) is 1. The summed E-state index contributed by atoms with van der Waals surface area (Å²) < 4.78 is 0. The van der Waals surface area contributed by atoms with E-state index in [0.29, 0.717) is 5.92 Å². The molecular formula is C10H15NO. The smallest absolute Gasteiger partial charge is 0.298 e. The fourth-order valence-electron chi connectivity index (χ4n) is 1.54. The van der Waals surface area contributed by atoms with Crippen LogP contribution in [0.1, 0.15) is 26.7 Å². The van der Waals surface area contributed by atoms with Gasteiger partial charge in [0.05, 0.1) is 0 Å². The van der Waals surface area contributed by atoms with E-state index >= 15 is 0 Å². The molecule has 1 atom stereocenters. The number of amides is 1. The molecule has 0 N–H and O–H groups in total. The van der Waals surface area contributed by atoms with E-state index in [9.17, 15) is 4.79 Å². The quantitative estimate of drug-likeness (QED) is 0.536. The summed E-state index contributed by atoms with van der Waals surface area (Å²) in [5, 5.41) is 0. The molecule has 0 aliphatic carbocycles. The monoisotopic (exact) mass is 165 g/mol. The van der Waals surface area contributed by atoms with Crippen LogP contribution in [0.4, 0.5) is 0 Å². The van der Waals surface area contributed by atoms with Crippen LogP contribution in [0.25, 0.3) is 0 Å². The van der Waals surface area contributed by atoms with Crippen molar-refractivity contribution in [2.24, 2.45) is 5.92 Å². The molecule has 1 aliphatic heterocycles. The van der Waals surface area contributed by atoms with Crippen molar-refractivity contribution in [3.05, 3.63) is 0 Å². The molecule has 12 heavy (non-hydrogen) atoms. The van der Waals surface area contributed by atoms with E-state index in [1.807, 2.05) is 4.90 Å². The number of carbonyl (C=O) groups excluding carboxylic acids is 1. The van der Waals surface area contributed by atoms with Crippen LogP contribution in [0.15, 0.2) is 0 Å². The van der Waals surface area contributed by atoms with Crippen molar-refractivity contribution >= 4 is 5.91 Å². The molecular weight excluding hydrogens is 150 g/mol. The highest BCUT2D eigenvalue weighted by molar-refractivity contribution is 5.93. The Balaban J connectivity index is 2.44. The van der Waals surface area contributed by atoms with E-state index in [0.717, 1.165) is 19.5 Å². The predicted molar refractivity (Wildman–Crippen MR) is 48.4 cm³/mol. The Morgan fingerprint density at radius 1 is 1.67 bits per heavy atom. The normalized spacial score (nSPS) is 21.8. The van der Waals surface area contributed by atoms with Gasteiger partial charge in [-0.3, -0.25) is 4.79 Å². The molecule has 0 radical (unpaired) electrons. The van der Waals surface area contributed by atoms with Crippen LogP contribution >= 0.6 is 0 Å². The lowest BCUT2D eigenvalue weighted by Gasteiger charge is -2.11. The third kappa shape index (κ3) is 2.01. The molecule has 1 heterocycles. The van der Waals surface area contributed by atoms with Crippen molar-refractivity contribution in [3.8, 4) is 11.8 Å². The van der Waals surface area contributed by atoms with Gasteiger partial charge in [-0.05, 0) is 25.2 Å². The molecule has 2 nitrogen and oxygen atoms in total. The molecule has 1 rings (SSSR count). The van der Waals surface area contributed by atoms with Crippen molar-refractivity contribution in [1.29, 1.82) is 0 Å². The number of hydrogen-bond donors (Lipinski definition) is 0. The highest BCUT2D eigenvalue weighted by Crippen LogP contribution is 2.18. The van der Waals surface area contributed by atoms with Crippen LogP contribution in [-0.4, -0.2) is 23.9 Å². The minimum absolute atomic E-state index is 0.00606. The van der Waals surface area contributed by atoms with E-state index in [1.165, 1.54) is 6.42 Å². The first kappa shape index (κ1) is 9.12. The molecule has 1 amide bonds. The maximum atomic E-state index is 11.3. The van der Waals surface area contributed by atoms with Crippen molar-refractivity contribution < 1.29 is 4.79 Å². The first-order valence-corrected chi connectivity index (χ1v) is 4.49. The summed E-state index contributed by atoms with van der Waals surface area (Å²) in [6.45, 7) is 5.67. The Kier molecular flexibility index (Phi) is 3.16. The maximum absolute atomic E-state index is 11.3. The Bertz CT molecular complexity index is 224. The van der Waals surface area contributed by atoms with Gasteiger partial charge in [-0.2, -0.15) is 0 Å². The van der Waals surface area contributed by atoms with Gasteiger partial charge in [0, 0.05) is 13.1 Å². The van der Waals surface area contributed by atoms with E-state index in [2.05, 4.69) is 18.8 Å². The summed E-state index contributed by atoms with van der Waals surface area (Å²) >= 11 is 0. The largest absolute Gasteiger partial charge is 0.332 e.